The largest absolute Gasteiger partial charge is 0.508 e. The zero-order valence-corrected chi connectivity index (χ0v) is 12.3. The number of phenols is 1. The molecule has 0 aliphatic rings. The predicted octanol–water partition coefficient (Wildman–Crippen LogP) is 5.30. The van der Waals surface area contributed by atoms with E-state index in [0.29, 0.717) is 5.75 Å². The highest BCUT2D eigenvalue weighted by Crippen LogP contribution is 2.23. The molecule has 0 aliphatic heterocycles. The van der Waals surface area contributed by atoms with Crippen molar-refractivity contribution in [1.82, 2.24) is 0 Å². The fourth-order valence-corrected chi connectivity index (χ4v) is 2.33. The summed E-state index contributed by atoms with van der Waals surface area (Å²) in [6.07, 6.45) is 10.3. The van der Waals surface area contributed by atoms with Crippen molar-refractivity contribution in [2.45, 2.75) is 72.1 Å². The lowest BCUT2D eigenvalue weighted by atomic mass is 10.00. The number of benzene rings is 1. The molecule has 0 aromatic heterocycles. The van der Waals surface area contributed by atoms with Crippen LogP contribution in [0.3, 0.4) is 0 Å². The van der Waals surface area contributed by atoms with Gasteiger partial charge >= 0.3 is 0 Å². The fraction of sp³-hybridized carbons (Fsp3) is 0.647. The van der Waals surface area contributed by atoms with Crippen LogP contribution in [0.2, 0.25) is 0 Å². The first-order chi connectivity index (χ1) is 8.65. The van der Waals surface area contributed by atoms with Crippen LogP contribution in [0, 0.1) is 13.8 Å². The maximum absolute atomic E-state index is 9.89. The van der Waals surface area contributed by atoms with Gasteiger partial charge in [0.1, 0.15) is 5.75 Å². The van der Waals surface area contributed by atoms with Crippen LogP contribution < -0.4 is 0 Å². The molecule has 0 heterocycles. The van der Waals surface area contributed by atoms with Crippen LogP contribution in [0.25, 0.3) is 0 Å². The van der Waals surface area contributed by atoms with Crippen LogP contribution in [-0.2, 0) is 6.42 Å². The van der Waals surface area contributed by atoms with E-state index in [1.165, 1.54) is 56.1 Å². The van der Waals surface area contributed by atoms with Crippen molar-refractivity contribution in [3.8, 4) is 5.75 Å². The minimum Gasteiger partial charge on any atom is -0.508 e. The number of phenolic OH excluding ortho intramolecular Hbond substituents is 1. The molecule has 0 radical (unpaired) electrons. The van der Waals surface area contributed by atoms with E-state index >= 15 is 0 Å². The zero-order valence-electron chi connectivity index (χ0n) is 12.3. The van der Waals surface area contributed by atoms with E-state index in [1.54, 1.807) is 0 Å². The summed E-state index contributed by atoms with van der Waals surface area (Å²) in [4.78, 5) is 0. The zero-order chi connectivity index (χ0) is 13.4. The van der Waals surface area contributed by atoms with Crippen LogP contribution >= 0.6 is 0 Å². The van der Waals surface area contributed by atoms with Crippen LogP contribution in [-0.4, -0.2) is 5.11 Å². The Kier molecular flexibility index (Phi) is 6.85. The molecule has 1 aromatic rings. The molecule has 1 nitrogen and oxygen atoms in total. The number of unbranched alkanes of at least 4 members (excludes halogenated alkanes) is 6. The highest BCUT2D eigenvalue weighted by atomic mass is 16.3. The Labute approximate surface area is 112 Å². The highest BCUT2D eigenvalue weighted by molar-refractivity contribution is 5.40. The van der Waals surface area contributed by atoms with Crippen molar-refractivity contribution in [2.75, 3.05) is 0 Å². The normalized spacial score (nSPS) is 10.8. The molecular formula is C17H28O. The SMILES string of the molecule is CCCCCCCCCc1cc(C)c(C)cc1O. The lowest BCUT2D eigenvalue weighted by Crippen LogP contribution is -1.91. The van der Waals surface area contributed by atoms with Gasteiger partial charge in [-0.15, -0.1) is 0 Å². The Morgan fingerprint density at radius 2 is 1.39 bits per heavy atom. The van der Waals surface area contributed by atoms with E-state index in [-0.39, 0.29) is 0 Å². The smallest absolute Gasteiger partial charge is 0.119 e. The fourth-order valence-electron chi connectivity index (χ4n) is 2.33. The van der Waals surface area contributed by atoms with E-state index in [9.17, 15) is 5.11 Å². The first-order valence-electron chi connectivity index (χ1n) is 7.44. The molecular weight excluding hydrogens is 220 g/mol. The third-order valence-electron chi connectivity index (χ3n) is 3.74. The second-order valence-corrected chi connectivity index (χ2v) is 5.44. The molecule has 0 spiro atoms. The molecule has 102 valence electrons. The Morgan fingerprint density at radius 3 is 2.06 bits per heavy atom. The number of rotatable bonds is 8. The second kappa shape index (κ2) is 8.18. The molecule has 18 heavy (non-hydrogen) atoms. The van der Waals surface area contributed by atoms with Gasteiger partial charge in [-0.1, -0.05) is 51.5 Å². The quantitative estimate of drug-likeness (QED) is 0.619. The van der Waals surface area contributed by atoms with E-state index in [2.05, 4.69) is 19.9 Å². The lowest BCUT2D eigenvalue weighted by Gasteiger charge is -2.08. The average molecular weight is 248 g/mol. The molecule has 0 aliphatic carbocycles. The molecule has 1 aromatic carbocycles. The maximum atomic E-state index is 9.89. The molecule has 0 amide bonds. The molecule has 1 heteroatoms. The van der Waals surface area contributed by atoms with E-state index in [0.717, 1.165) is 12.0 Å². The molecule has 0 fully saturated rings. The Morgan fingerprint density at radius 1 is 0.833 bits per heavy atom. The minimum atomic E-state index is 0.476. The molecule has 1 N–H and O–H groups in total. The topological polar surface area (TPSA) is 20.2 Å². The van der Waals surface area contributed by atoms with E-state index in [4.69, 9.17) is 0 Å². The Bertz CT molecular complexity index is 355. The van der Waals surface area contributed by atoms with Gasteiger partial charge in [-0.25, -0.2) is 0 Å². The minimum absolute atomic E-state index is 0.476. The molecule has 0 bridgehead atoms. The molecule has 1 rings (SSSR count). The van der Waals surface area contributed by atoms with Gasteiger partial charge in [0.25, 0.3) is 0 Å². The summed E-state index contributed by atoms with van der Waals surface area (Å²) < 4.78 is 0. The summed E-state index contributed by atoms with van der Waals surface area (Å²) >= 11 is 0. The van der Waals surface area contributed by atoms with Gasteiger partial charge in [0.05, 0.1) is 0 Å². The maximum Gasteiger partial charge on any atom is 0.119 e. The van der Waals surface area contributed by atoms with Gasteiger partial charge in [0, 0.05) is 0 Å². The molecule has 0 unspecified atom stereocenters. The van der Waals surface area contributed by atoms with E-state index in [1.807, 2.05) is 13.0 Å². The third-order valence-corrected chi connectivity index (χ3v) is 3.74. The molecule has 0 atom stereocenters. The first-order valence-corrected chi connectivity index (χ1v) is 7.44. The summed E-state index contributed by atoms with van der Waals surface area (Å²) in [6, 6.07) is 4.04. The number of hydrogen-bond donors (Lipinski definition) is 1. The first kappa shape index (κ1) is 15.1. The summed E-state index contributed by atoms with van der Waals surface area (Å²) in [5.41, 5.74) is 3.58. The van der Waals surface area contributed by atoms with Gasteiger partial charge in [-0.3, -0.25) is 0 Å². The van der Waals surface area contributed by atoms with Gasteiger partial charge < -0.3 is 5.11 Å². The Hall–Kier alpha value is -0.980. The molecule has 0 saturated carbocycles. The standard InChI is InChI=1S/C17H28O/c1-4-5-6-7-8-9-10-11-16-12-14(2)15(3)13-17(16)18/h12-13,18H,4-11H2,1-3H3. The second-order valence-electron chi connectivity index (χ2n) is 5.44. The van der Waals surface area contributed by atoms with Crippen molar-refractivity contribution in [2.24, 2.45) is 0 Å². The van der Waals surface area contributed by atoms with Crippen molar-refractivity contribution in [3.63, 3.8) is 0 Å². The predicted molar refractivity (Wildman–Crippen MR) is 79.3 cm³/mol. The van der Waals surface area contributed by atoms with E-state index < -0.39 is 0 Å². The van der Waals surface area contributed by atoms with Crippen LogP contribution in [0.1, 0.15) is 68.6 Å². The van der Waals surface area contributed by atoms with Gasteiger partial charge in [-0.05, 0) is 49.4 Å². The lowest BCUT2D eigenvalue weighted by molar-refractivity contribution is 0.465. The number of aromatic hydroxyl groups is 1. The van der Waals surface area contributed by atoms with Crippen molar-refractivity contribution < 1.29 is 5.11 Å². The number of aryl methyl sites for hydroxylation is 3. The van der Waals surface area contributed by atoms with Crippen molar-refractivity contribution >= 4 is 0 Å². The van der Waals surface area contributed by atoms with Crippen molar-refractivity contribution in [1.29, 1.82) is 0 Å². The Balaban J connectivity index is 2.25. The van der Waals surface area contributed by atoms with Gasteiger partial charge in [-0.2, -0.15) is 0 Å². The highest BCUT2D eigenvalue weighted by Gasteiger charge is 2.03. The van der Waals surface area contributed by atoms with Gasteiger partial charge in [0.2, 0.25) is 0 Å². The number of hydrogen-bond acceptors (Lipinski definition) is 1. The van der Waals surface area contributed by atoms with Crippen LogP contribution in [0.15, 0.2) is 12.1 Å². The third kappa shape index (κ3) is 5.12. The average Bonchev–Trinajstić information content (AvgIpc) is 2.34. The van der Waals surface area contributed by atoms with Crippen LogP contribution in [0.4, 0.5) is 0 Å². The van der Waals surface area contributed by atoms with Crippen LogP contribution in [0.5, 0.6) is 5.75 Å². The monoisotopic (exact) mass is 248 g/mol. The summed E-state index contributed by atoms with van der Waals surface area (Å²) in [6.45, 7) is 6.41. The summed E-state index contributed by atoms with van der Waals surface area (Å²) in [5, 5.41) is 9.89. The van der Waals surface area contributed by atoms with Crippen molar-refractivity contribution in [3.05, 3.63) is 28.8 Å². The summed E-state index contributed by atoms with van der Waals surface area (Å²) in [7, 11) is 0. The van der Waals surface area contributed by atoms with Gasteiger partial charge in [0.15, 0.2) is 0 Å². The molecule has 0 saturated heterocycles. The summed E-state index contributed by atoms with van der Waals surface area (Å²) in [5.74, 6) is 0.476.